The van der Waals surface area contributed by atoms with E-state index in [1.807, 2.05) is 12.1 Å². The number of hydrogen-bond donors (Lipinski definition) is 0. The molecule has 2 aromatic heterocycles. The highest BCUT2D eigenvalue weighted by molar-refractivity contribution is 7.34. The van der Waals surface area contributed by atoms with E-state index >= 15 is 0 Å². The standard InChI is InChI=1S/C12H15O3P/c1-12(2,3)9-10(13-4)15-11(16-9)8-6-5-7-14-8/h5-7H,1-4H3. The second kappa shape index (κ2) is 3.99. The summed E-state index contributed by atoms with van der Waals surface area (Å²) < 4.78 is 16.2. The number of methoxy groups -OCH3 is 1. The second-order valence-electron chi connectivity index (χ2n) is 4.59. The average molecular weight is 238 g/mol. The third-order valence-electron chi connectivity index (χ3n) is 2.22. The third-order valence-corrected chi connectivity index (χ3v) is 3.82. The molecule has 0 spiro atoms. The molecule has 86 valence electrons. The summed E-state index contributed by atoms with van der Waals surface area (Å²) in [6.07, 6.45) is 1.64. The van der Waals surface area contributed by atoms with Gasteiger partial charge in [0, 0.05) is 0 Å². The molecular formula is C12H15O3P. The minimum atomic E-state index is 0.0290. The van der Waals surface area contributed by atoms with Crippen molar-refractivity contribution in [2.24, 2.45) is 0 Å². The van der Waals surface area contributed by atoms with E-state index in [-0.39, 0.29) is 5.41 Å². The van der Waals surface area contributed by atoms with E-state index in [4.69, 9.17) is 13.6 Å². The molecule has 2 heterocycles. The van der Waals surface area contributed by atoms with Crippen LogP contribution in [0.2, 0.25) is 0 Å². The summed E-state index contributed by atoms with van der Waals surface area (Å²) in [6, 6.07) is 3.74. The van der Waals surface area contributed by atoms with E-state index in [1.54, 1.807) is 13.4 Å². The largest absolute Gasteiger partial charge is 0.468 e. The molecular weight excluding hydrogens is 223 g/mol. The fourth-order valence-corrected chi connectivity index (χ4v) is 2.56. The zero-order chi connectivity index (χ0) is 11.8. The van der Waals surface area contributed by atoms with Crippen LogP contribution in [-0.2, 0) is 5.41 Å². The molecule has 0 saturated carbocycles. The third kappa shape index (κ3) is 2.00. The van der Waals surface area contributed by atoms with Crippen molar-refractivity contribution in [2.45, 2.75) is 26.2 Å². The van der Waals surface area contributed by atoms with Crippen molar-refractivity contribution in [1.82, 2.24) is 0 Å². The van der Waals surface area contributed by atoms with E-state index in [2.05, 4.69) is 20.8 Å². The van der Waals surface area contributed by atoms with Crippen molar-refractivity contribution in [3.05, 3.63) is 23.7 Å². The number of furan rings is 1. The second-order valence-corrected chi connectivity index (χ2v) is 5.66. The molecule has 0 unspecified atom stereocenters. The maximum absolute atomic E-state index is 5.66. The highest BCUT2D eigenvalue weighted by Gasteiger charge is 2.25. The first kappa shape index (κ1) is 11.3. The maximum Gasteiger partial charge on any atom is 0.293 e. The van der Waals surface area contributed by atoms with Crippen molar-refractivity contribution < 1.29 is 13.6 Å². The summed E-state index contributed by atoms with van der Waals surface area (Å²) >= 11 is 0. The first-order chi connectivity index (χ1) is 7.52. The fraction of sp³-hybridized carbons (Fsp3) is 0.417. The molecule has 0 saturated heterocycles. The van der Waals surface area contributed by atoms with Crippen LogP contribution in [0.1, 0.15) is 26.1 Å². The monoisotopic (exact) mass is 238 g/mol. The van der Waals surface area contributed by atoms with Crippen molar-refractivity contribution in [3.63, 3.8) is 0 Å². The van der Waals surface area contributed by atoms with E-state index in [9.17, 15) is 0 Å². The highest BCUT2D eigenvalue weighted by Crippen LogP contribution is 2.46. The molecule has 2 aromatic rings. The zero-order valence-corrected chi connectivity index (χ0v) is 10.8. The van der Waals surface area contributed by atoms with Gasteiger partial charge in [-0.3, -0.25) is 0 Å². The predicted molar refractivity (Wildman–Crippen MR) is 64.2 cm³/mol. The van der Waals surface area contributed by atoms with E-state index in [0.717, 1.165) is 24.7 Å². The van der Waals surface area contributed by atoms with Gasteiger partial charge in [0.1, 0.15) is 0 Å². The first-order valence-electron chi connectivity index (χ1n) is 5.11. The lowest BCUT2D eigenvalue weighted by molar-refractivity contribution is 0.296. The molecule has 4 heteroatoms. The predicted octanol–water partition coefficient (Wildman–Crippen LogP) is 4.43. The molecule has 3 nitrogen and oxygen atoms in total. The van der Waals surface area contributed by atoms with Crippen LogP contribution < -0.4 is 4.74 Å². The van der Waals surface area contributed by atoms with Crippen molar-refractivity contribution >= 4 is 8.19 Å². The van der Waals surface area contributed by atoms with Gasteiger partial charge in [-0.15, -0.1) is 0 Å². The van der Waals surface area contributed by atoms with Gasteiger partial charge in [-0.1, -0.05) is 20.8 Å². The molecule has 0 aliphatic rings. The van der Waals surface area contributed by atoms with Crippen LogP contribution in [0.25, 0.3) is 11.3 Å². The zero-order valence-electron chi connectivity index (χ0n) is 9.90. The van der Waals surface area contributed by atoms with Gasteiger partial charge in [0.25, 0.3) is 5.95 Å². The smallest absolute Gasteiger partial charge is 0.293 e. The molecule has 0 bridgehead atoms. The molecule has 0 fully saturated rings. The topological polar surface area (TPSA) is 35.5 Å². The minimum Gasteiger partial charge on any atom is -0.468 e. The molecule has 0 amide bonds. The van der Waals surface area contributed by atoms with Gasteiger partial charge in [0.05, 0.1) is 18.7 Å². The van der Waals surface area contributed by atoms with E-state index in [1.165, 1.54) is 0 Å². The summed E-state index contributed by atoms with van der Waals surface area (Å²) in [5, 5.41) is 1.14. The van der Waals surface area contributed by atoms with Gasteiger partial charge in [-0.25, -0.2) is 0 Å². The van der Waals surface area contributed by atoms with E-state index in [0.29, 0.717) is 5.95 Å². The minimum absolute atomic E-state index is 0.0290. The van der Waals surface area contributed by atoms with Gasteiger partial charge in [0.15, 0.2) is 11.3 Å². The molecule has 0 atom stereocenters. The van der Waals surface area contributed by atoms with Crippen LogP contribution in [0.4, 0.5) is 0 Å². The summed E-state index contributed by atoms with van der Waals surface area (Å²) in [7, 11) is 2.65. The molecule has 0 aliphatic carbocycles. The first-order valence-corrected chi connectivity index (χ1v) is 6.01. The molecule has 0 aromatic carbocycles. The molecule has 0 aliphatic heterocycles. The fourth-order valence-electron chi connectivity index (χ4n) is 1.42. The van der Waals surface area contributed by atoms with Gasteiger partial charge >= 0.3 is 0 Å². The highest BCUT2D eigenvalue weighted by atomic mass is 31.0. The SMILES string of the molecule is COc1oc(-c2ccco2)pc1C(C)(C)C. The van der Waals surface area contributed by atoms with Crippen LogP contribution in [0.15, 0.2) is 27.2 Å². The Bertz CT molecular complexity index is 463. The van der Waals surface area contributed by atoms with Crippen LogP contribution in [0, 0.1) is 0 Å². The van der Waals surface area contributed by atoms with Crippen LogP contribution in [0.5, 0.6) is 5.95 Å². The Kier molecular flexibility index (Phi) is 2.81. The Labute approximate surface area is 96.5 Å². The molecule has 16 heavy (non-hydrogen) atoms. The molecule has 0 N–H and O–H groups in total. The Morgan fingerprint density at radius 1 is 1.31 bits per heavy atom. The maximum atomic E-state index is 5.66. The van der Waals surface area contributed by atoms with Crippen molar-refractivity contribution in [1.29, 1.82) is 0 Å². The van der Waals surface area contributed by atoms with Crippen LogP contribution >= 0.6 is 8.19 Å². The number of hydrogen-bond acceptors (Lipinski definition) is 3. The average Bonchev–Trinajstić information content (AvgIpc) is 2.85. The number of ether oxygens (including phenoxy) is 1. The molecule has 0 radical (unpaired) electrons. The van der Waals surface area contributed by atoms with Gasteiger partial charge in [-0.05, 0) is 25.7 Å². The van der Waals surface area contributed by atoms with Gasteiger partial charge in [0.2, 0.25) is 0 Å². The Hall–Kier alpha value is -1.21. The van der Waals surface area contributed by atoms with Gasteiger partial charge < -0.3 is 13.6 Å². The Balaban J connectivity index is 2.48. The summed E-state index contributed by atoms with van der Waals surface area (Å²) in [5.41, 5.74) is 0.827. The quantitative estimate of drug-likeness (QED) is 0.776. The lowest BCUT2D eigenvalue weighted by Crippen LogP contribution is -2.09. The Morgan fingerprint density at radius 2 is 2.06 bits per heavy atom. The lowest BCUT2D eigenvalue weighted by atomic mass is 9.95. The lowest BCUT2D eigenvalue weighted by Gasteiger charge is -2.15. The number of rotatable bonds is 2. The molecule has 2 rings (SSSR count). The van der Waals surface area contributed by atoms with Gasteiger partial charge in [-0.2, -0.15) is 0 Å². The Morgan fingerprint density at radius 3 is 2.50 bits per heavy atom. The van der Waals surface area contributed by atoms with Crippen LogP contribution in [0.3, 0.4) is 0 Å². The summed E-state index contributed by atoms with van der Waals surface area (Å²) in [4.78, 5) is 0. The van der Waals surface area contributed by atoms with E-state index < -0.39 is 0 Å². The summed E-state index contributed by atoms with van der Waals surface area (Å²) in [6.45, 7) is 6.42. The summed E-state index contributed by atoms with van der Waals surface area (Å²) in [5.74, 6) is 1.36. The normalized spacial score (nSPS) is 12.2. The van der Waals surface area contributed by atoms with Crippen LogP contribution in [-0.4, -0.2) is 7.11 Å². The van der Waals surface area contributed by atoms with Crippen molar-refractivity contribution in [2.75, 3.05) is 7.11 Å². The van der Waals surface area contributed by atoms with Crippen molar-refractivity contribution in [3.8, 4) is 17.2 Å².